The van der Waals surface area contributed by atoms with Crippen molar-refractivity contribution in [3.8, 4) is 11.4 Å². The van der Waals surface area contributed by atoms with E-state index in [1.807, 2.05) is 55.5 Å². The molecule has 4 aromatic rings. The summed E-state index contributed by atoms with van der Waals surface area (Å²) in [5.74, 6) is 1.15. The van der Waals surface area contributed by atoms with Gasteiger partial charge in [0.25, 0.3) is 0 Å². The van der Waals surface area contributed by atoms with E-state index in [0.717, 1.165) is 27.7 Å². The fourth-order valence-corrected chi connectivity index (χ4v) is 3.47. The van der Waals surface area contributed by atoms with E-state index >= 15 is 0 Å². The van der Waals surface area contributed by atoms with Crippen LogP contribution in [0.25, 0.3) is 27.9 Å². The molecular formula is C20H18N6O. The van der Waals surface area contributed by atoms with Gasteiger partial charge in [0.15, 0.2) is 11.5 Å². The van der Waals surface area contributed by atoms with Gasteiger partial charge in [-0.15, -0.1) is 5.10 Å². The molecule has 3 heterocycles. The number of amides is 1. The monoisotopic (exact) mass is 358 g/mol. The third-order valence-corrected chi connectivity index (χ3v) is 4.92. The molecule has 0 saturated carbocycles. The minimum absolute atomic E-state index is 0.0163. The average Bonchev–Trinajstić information content (AvgIpc) is 3.29. The largest absolute Gasteiger partial charge is 0.354 e. The SMILES string of the molecule is Cc1ccccc1-c1nc2c3ccccc3nc(N[C@H]3CCNC3=O)n2n1. The summed E-state index contributed by atoms with van der Waals surface area (Å²) in [5, 5.41) is 11.7. The zero-order valence-corrected chi connectivity index (χ0v) is 14.8. The van der Waals surface area contributed by atoms with Crippen molar-refractivity contribution in [3.63, 3.8) is 0 Å². The molecular weight excluding hydrogens is 340 g/mol. The molecule has 2 aromatic heterocycles. The lowest BCUT2D eigenvalue weighted by Gasteiger charge is -2.12. The zero-order valence-electron chi connectivity index (χ0n) is 14.8. The van der Waals surface area contributed by atoms with Crippen LogP contribution in [0.3, 0.4) is 0 Å². The summed E-state index contributed by atoms with van der Waals surface area (Å²) in [6, 6.07) is 15.5. The molecule has 7 nitrogen and oxygen atoms in total. The minimum Gasteiger partial charge on any atom is -0.354 e. The maximum atomic E-state index is 12.0. The van der Waals surface area contributed by atoms with E-state index in [1.54, 1.807) is 4.52 Å². The number of aryl methyl sites for hydroxylation is 1. The Balaban J connectivity index is 1.73. The minimum atomic E-state index is -0.312. The van der Waals surface area contributed by atoms with Crippen molar-refractivity contribution < 1.29 is 4.79 Å². The summed E-state index contributed by atoms with van der Waals surface area (Å²) in [6.45, 7) is 2.71. The number of carbonyl (C=O) groups excluding carboxylic acids is 1. The van der Waals surface area contributed by atoms with Gasteiger partial charge < -0.3 is 10.6 Å². The number of rotatable bonds is 3. The maximum Gasteiger partial charge on any atom is 0.242 e. The fraction of sp³-hybridized carbons (Fsp3) is 0.200. The van der Waals surface area contributed by atoms with Crippen LogP contribution in [-0.2, 0) is 4.79 Å². The van der Waals surface area contributed by atoms with Crippen LogP contribution in [0, 0.1) is 6.92 Å². The number of aromatic nitrogens is 4. The number of nitrogens with zero attached hydrogens (tertiary/aromatic N) is 4. The first-order valence-electron chi connectivity index (χ1n) is 8.96. The number of hydrogen-bond acceptors (Lipinski definition) is 5. The van der Waals surface area contributed by atoms with Gasteiger partial charge in [0.1, 0.15) is 6.04 Å². The van der Waals surface area contributed by atoms with Gasteiger partial charge in [0, 0.05) is 17.5 Å². The van der Waals surface area contributed by atoms with Gasteiger partial charge in [-0.25, -0.2) is 9.97 Å². The van der Waals surface area contributed by atoms with Gasteiger partial charge in [0.2, 0.25) is 11.9 Å². The Kier molecular flexibility index (Phi) is 3.53. The Labute approximate surface area is 155 Å². The van der Waals surface area contributed by atoms with E-state index < -0.39 is 0 Å². The first-order valence-corrected chi connectivity index (χ1v) is 8.96. The third kappa shape index (κ3) is 2.59. The highest BCUT2D eigenvalue weighted by atomic mass is 16.2. The predicted molar refractivity (Wildman–Crippen MR) is 103 cm³/mol. The van der Waals surface area contributed by atoms with Crippen molar-refractivity contribution in [3.05, 3.63) is 54.1 Å². The molecule has 134 valence electrons. The lowest BCUT2D eigenvalue weighted by atomic mass is 10.1. The standard InChI is InChI=1S/C20H18N6O/c1-12-6-2-3-7-13(12)17-24-18-14-8-4-5-9-15(14)22-20(26(18)25-17)23-16-10-11-21-19(16)27/h2-9,16H,10-11H2,1H3,(H,21,27)(H,22,23)/t16-/m0/s1. The molecule has 0 bridgehead atoms. The van der Waals surface area contributed by atoms with E-state index in [9.17, 15) is 4.79 Å². The Morgan fingerprint density at radius 2 is 1.93 bits per heavy atom. The maximum absolute atomic E-state index is 12.0. The third-order valence-electron chi connectivity index (χ3n) is 4.92. The molecule has 27 heavy (non-hydrogen) atoms. The quantitative estimate of drug-likeness (QED) is 0.588. The highest BCUT2D eigenvalue weighted by Gasteiger charge is 2.26. The van der Waals surface area contributed by atoms with Crippen LogP contribution in [-0.4, -0.2) is 38.1 Å². The van der Waals surface area contributed by atoms with Crippen molar-refractivity contribution in [2.75, 3.05) is 11.9 Å². The number of anilines is 1. The molecule has 0 radical (unpaired) electrons. The van der Waals surface area contributed by atoms with Crippen LogP contribution in [0.2, 0.25) is 0 Å². The number of carbonyl (C=O) groups is 1. The molecule has 0 spiro atoms. The Bertz CT molecular complexity index is 1180. The van der Waals surface area contributed by atoms with Crippen LogP contribution < -0.4 is 10.6 Å². The van der Waals surface area contributed by atoms with Crippen LogP contribution in [0.1, 0.15) is 12.0 Å². The van der Waals surface area contributed by atoms with E-state index in [-0.39, 0.29) is 11.9 Å². The fourth-order valence-electron chi connectivity index (χ4n) is 3.47. The van der Waals surface area contributed by atoms with Crippen LogP contribution in [0.5, 0.6) is 0 Å². The van der Waals surface area contributed by atoms with Gasteiger partial charge in [-0.05, 0) is 31.0 Å². The highest BCUT2D eigenvalue weighted by molar-refractivity contribution is 5.93. The van der Waals surface area contributed by atoms with Crippen molar-refractivity contribution in [1.82, 2.24) is 24.9 Å². The smallest absolute Gasteiger partial charge is 0.242 e. The van der Waals surface area contributed by atoms with E-state index in [1.165, 1.54) is 0 Å². The Morgan fingerprint density at radius 1 is 1.11 bits per heavy atom. The van der Waals surface area contributed by atoms with Crippen molar-refractivity contribution in [2.45, 2.75) is 19.4 Å². The second kappa shape index (κ2) is 6.05. The summed E-state index contributed by atoms with van der Waals surface area (Å²) >= 11 is 0. The van der Waals surface area contributed by atoms with Crippen molar-refractivity contribution in [1.29, 1.82) is 0 Å². The van der Waals surface area contributed by atoms with E-state index in [0.29, 0.717) is 24.7 Å². The first-order chi connectivity index (χ1) is 13.2. The normalized spacial score (nSPS) is 16.8. The molecule has 2 N–H and O–H groups in total. The average molecular weight is 358 g/mol. The number of fused-ring (bicyclic) bond motifs is 3. The van der Waals surface area contributed by atoms with E-state index in [4.69, 9.17) is 15.1 Å². The molecule has 1 atom stereocenters. The van der Waals surface area contributed by atoms with Crippen molar-refractivity contribution >= 4 is 28.4 Å². The van der Waals surface area contributed by atoms with Crippen LogP contribution in [0.15, 0.2) is 48.5 Å². The zero-order chi connectivity index (χ0) is 18.4. The van der Waals surface area contributed by atoms with Crippen LogP contribution in [0.4, 0.5) is 5.95 Å². The number of para-hydroxylation sites is 1. The molecule has 1 fully saturated rings. The van der Waals surface area contributed by atoms with Gasteiger partial charge in [0.05, 0.1) is 5.52 Å². The van der Waals surface area contributed by atoms with Crippen molar-refractivity contribution in [2.24, 2.45) is 0 Å². The first kappa shape index (κ1) is 15.7. The number of benzene rings is 2. The molecule has 1 amide bonds. The molecule has 1 aliphatic heterocycles. The summed E-state index contributed by atoms with van der Waals surface area (Å²) in [5.41, 5.74) is 3.62. The summed E-state index contributed by atoms with van der Waals surface area (Å²) in [4.78, 5) is 21.5. The molecule has 2 aromatic carbocycles. The second-order valence-corrected chi connectivity index (χ2v) is 6.71. The topological polar surface area (TPSA) is 84.2 Å². The Morgan fingerprint density at radius 3 is 2.74 bits per heavy atom. The number of hydrogen-bond donors (Lipinski definition) is 2. The molecule has 7 heteroatoms. The predicted octanol–water partition coefficient (Wildman–Crippen LogP) is 2.55. The molecule has 5 rings (SSSR count). The molecule has 1 saturated heterocycles. The van der Waals surface area contributed by atoms with Gasteiger partial charge >= 0.3 is 0 Å². The van der Waals surface area contributed by atoms with E-state index in [2.05, 4.69) is 10.6 Å². The highest BCUT2D eigenvalue weighted by Crippen LogP contribution is 2.26. The summed E-state index contributed by atoms with van der Waals surface area (Å²) in [6.07, 6.45) is 0.716. The summed E-state index contributed by atoms with van der Waals surface area (Å²) in [7, 11) is 0. The summed E-state index contributed by atoms with van der Waals surface area (Å²) < 4.78 is 1.70. The van der Waals surface area contributed by atoms with Gasteiger partial charge in [-0.2, -0.15) is 4.52 Å². The van der Waals surface area contributed by atoms with Crippen LogP contribution >= 0.6 is 0 Å². The lowest BCUT2D eigenvalue weighted by molar-refractivity contribution is -0.119. The molecule has 0 unspecified atom stereocenters. The molecule has 0 aliphatic carbocycles. The molecule has 1 aliphatic rings. The van der Waals surface area contributed by atoms with Gasteiger partial charge in [-0.1, -0.05) is 36.4 Å². The Hall–Kier alpha value is -3.48. The van der Waals surface area contributed by atoms with Gasteiger partial charge in [-0.3, -0.25) is 4.79 Å². The number of nitrogens with one attached hydrogen (secondary N) is 2. The lowest BCUT2D eigenvalue weighted by Crippen LogP contribution is -2.30. The second-order valence-electron chi connectivity index (χ2n) is 6.71.